The van der Waals surface area contributed by atoms with Gasteiger partial charge in [-0.15, -0.1) is 6.58 Å². The van der Waals surface area contributed by atoms with Crippen LogP contribution in [0.1, 0.15) is 26.2 Å². The van der Waals surface area contributed by atoms with E-state index in [1.54, 1.807) is 0 Å². The highest BCUT2D eigenvalue weighted by Gasteiger charge is 2.32. The summed E-state index contributed by atoms with van der Waals surface area (Å²) < 4.78 is 0. The minimum Gasteiger partial charge on any atom is -0.302 e. The lowest BCUT2D eigenvalue weighted by molar-refractivity contribution is 0.105. The highest BCUT2D eigenvalue weighted by atomic mass is 15.1. The van der Waals surface area contributed by atoms with Crippen molar-refractivity contribution in [3.05, 3.63) is 12.7 Å². The molecule has 0 N–H and O–H groups in total. The zero-order valence-corrected chi connectivity index (χ0v) is 7.77. The van der Waals surface area contributed by atoms with Crippen molar-refractivity contribution in [2.24, 2.45) is 5.41 Å². The van der Waals surface area contributed by atoms with E-state index in [2.05, 4.69) is 25.5 Å². The molecule has 1 aliphatic rings. The van der Waals surface area contributed by atoms with E-state index in [1.165, 1.54) is 25.8 Å². The van der Waals surface area contributed by atoms with Gasteiger partial charge in [-0.2, -0.15) is 0 Å². The van der Waals surface area contributed by atoms with Gasteiger partial charge in [0.25, 0.3) is 0 Å². The predicted octanol–water partition coefficient (Wildman–Crippen LogP) is 2.29. The summed E-state index contributed by atoms with van der Waals surface area (Å²) in [5.41, 5.74) is 0.623. The van der Waals surface area contributed by atoms with Crippen LogP contribution in [0.15, 0.2) is 12.7 Å². The molecule has 0 atom stereocenters. The molecule has 0 amide bonds. The highest BCUT2D eigenvalue weighted by molar-refractivity contribution is 4.86. The van der Waals surface area contributed by atoms with Crippen LogP contribution in [0.5, 0.6) is 0 Å². The summed E-state index contributed by atoms with van der Waals surface area (Å²) in [7, 11) is 2.17. The molecule has 0 heterocycles. The second-order valence-electron chi connectivity index (χ2n) is 4.15. The monoisotopic (exact) mass is 153 g/mol. The Hall–Kier alpha value is -0.300. The normalized spacial score (nSPS) is 21.4. The van der Waals surface area contributed by atoms with Gasteiger partial charge in [-0.1, -0.05) is 19.4 Å². The van der Waals surface area contributed by atoms with Crippen LogP contribution in [0.2, 0.25) is 0 Å². The molecule has 0 saturated heterocycles. The van der Waals surface area contributed by atoms with Crippen LogP contribution < -0.4 is 0 Å². The van der Waals surface area contributed by atoms with Crippen molar-refractivity contribution in [3.63, 3.8) is 0 Å². The fourth-order valence-corrected chi connectivity index (χ4v) is 1.88. The average molecular weight is 153 g/mol. The Labute approximate surface area is 70.1 Å². The van der Waals surface area contributed by atoms with Crippen LogP contribution in [0.3, 0.4) is 0 Å². The van der Waals surface area contributed by atoms with Gasteiger partial charge in [-0.05, 0) is 25.3 Å². The van der Waals surface area contributed by atoms with Gasteiger partial charge >= 0.3 is 0 Å². The molecule has 0 spiro atoms. The zero-order valence-electron chi connectivity index (χ0n) is 7.77. The molecule has 11 heavy (non-hydrogen) atoms. The zero-order chi connectivity index (χ0) is 8.32. The van der Waals surface area contributed by atoms with Crippen LogP contribution >= 0.6 is 0 Å². The van der Waals surface area contributed by atoms with Crippen LogP contribution in [0.25, 0.3) is 0 Å². The molecule has 64 valence electrons. The van der Waals surface area contributed by atoms with Gasteiger partial charge in [-0.25, -0.2) is 0 Å². The number of rotatable bonds is 4. The fraction of sp³-hybridized carbons (Fsp3) is 0.800. The van der Waals surface area contributed by atoms with E-state index in [0.717, 1.165) is 6.54 Å². The molecule has 1 fully saturated rings. The highest BCUT2D eigenvalue weighted by Crippen LogP contribution is 2.40. The van der Waals surface area contributed by atoms with Gasteiger partial charge in [0.05, 0.1) is 0 Å². The smallest absolute Gasteiger partial charge is 0.0157 e. The Morgan fingerprint density at radius 2 is 2.18 bits per heavy atom. The van der Waals surface area contributed by atoms with Crippen molar-refractivity contribution in [2.45, 2.75) is 26.2 Å². The summed E-state index contributed by atoms with van der Waals surface area (Å²) in [5.74, 6) is 0. The molecule has 1 rings (SSSR count). The molecule has 0 unspecified atom stereocenters. The lowest BCUT2D eigenvalue weighted by Gasteiger charge is -2.41. The lowest BCUT2D eigenvalue weighted by atomic mass is 9.70. The molecular weight excluding hydrogens is 134 g/mol. The van der Waals surface area contributed by atoms with Gasteiger partial charge in [0.2, 0.25) is 0 Å². The summed E-state index contributed by atoms with van der Waals surface area (Å²) in [5, 5.41) is 0. The molecule has 0 aromatic rings. The molecule has 0 bridgehead atoms. The molecule has 1 heteroatoms. The SMILES string of the molecule is C=CCN(C)CC1(C)CCC1. The quantitative estimate of drug-likeness (QED) is 0.560. The number of likely N-dealkylation sites (N-methyl/N-ethyl adjacent to an activating group) is 1. The largest absolute Gasteiger partial charge is 0.302 e. The van der Waals surface area contributed by atoms with Crippen molar-refractivity contribution >= 4 is 0 Å². The third-order valence-electron chi connectivity index (χ3n) is 2.65. The molecule has 0 radical (unpaired) electrons. The minimum absolute atomic E-state index is 0.623. The Balaban J connectivity index is 2.23. The van der Waals surface area contributed by atoms with Gasteiger partial charge < -0.3 is 4.90 Å². The summed E-state index contributed by atoms with van der Waals surface area (Å²) in [6.07, 6.45) is 6.23. The van der Waals surface area contributed by atoms with Crippen LogP contribution in [-0.2, 0) is 0 Å². The number of hydrogen-bond acceptors (Lipinski definition) is 1. The van der Waals surface area contributed by atoms with E-state index in [9.17, 15) is 0 Å². The summed E-state index contributed by atoms with van der Waals surface area (Å²) in [6, 6.07) is 0. The molecule has 1 nitrogen and oxygen atoms in total. The van der Waals surface area contributed by atoms with Crippen LogP contribution in [0, 0.1) is 5.41 Å². The Morgan fingerprint density at radius 3 is 2.55 bits per heavy atom. The first-order chi connectivity index (χ1) is 5.16. The molecule has 0 aliphatic heterocycles. The van der Waals surface area contributed by atoms with Crippen LogP contribution in [0.4, 0.5) is 0 Å². The predicted molar refractivity (Wildman–Crippen MR) is 49.7 cm³/mol. The third kappa shape index (κ3) is 2.33. The first-order valence-corrected chi connectivity index (χ1v) is 4.46. The lowest BCUT2D eigenvalue weighted by Crippen LogP contribution is -2.38. The van der Waals surface area contributed by atoms with Crippen molar-refractivity contribution in [3.8, 4) is 0 Å². The standard InChI is InChI=1S/C10H19N/c1-4-8-11(3)9-10(2)6-5-7-10/h4H,1,5-9H2,2-3H3. The number of hydrogen-bond donors (Lipinski definition) is 0. The van der Waals surface area contributed by atoms with Crippen molar-refractivity contribution < 1.29 is 0 Å². The van der Waals surface area contributed by atoms with Gasteiger partial charge in [0.1, 0.15) is 0 Å². The van der Waals surface area contributed by atoms with E-state index in [1.807, 2.05) is 6.08 Å². The minimum atomic E-state index is 0.623. The molecule has 1 aliphatic carbocycles. The Morgan fingerprint density at radius 1 is 1.55 bits per heavy atom. The third-order valence-corrected chi connectivity index (χ3v) is 2.65. The molecule has 0 aromatic carbocycles. The van der Waals surface area contributed by atoms with Gasteiger partial charge in [0, 0.05) is 13.1 Å². The van der Waals surface area contributed by atoms with Crippen LogP contribution in [-0.4, -0.2) is 25.0 Å². The summed E-state index contributed by atoms with van der Waals surface area (Å²) in [6.45, 7) is 8.38. The second kappa shape index (κ2) is 3.40. The summed E-state index contributed by atoms with van der Waals surface area (Å²) in [4.78, 5) is 2.35. The van der Waals surface area contributed by atoms with E-state index in [4.69, 9.17) is 0 Å². The van der Waals surface area contributed by atoms with E-state index in [0.29, 0.717) is 5.41 Å². The first kappa shape index (κ1) is 8.79. The molecule has 1 saturated carbocycles. The molecule has 0 aromatic heterocycles. The maximum atomic E-state index is 3.73. The Kier molecular flexibility index (Phi) is 2.72. The fourth-order valence-electron chi connectivity index (χ4n) is 1.88. The van der Waals surface area contributed by atoms with Gasteiger partial charge in [-0.3, -0.25) is 0 Å². The van der Waals surface area contributed by atoms with E-state index < -0.39 is 0 Å². The van der Waals surface area contributed by atoms with Crippen molar-refractivity contribution in [2.75, 3.05) is 20.1 Å². The maximum absolute atomic E-state index is 3.73. The number of nitrogens with zero attached hydrogens (tertiary/aromatic N) is 1. The van der Waals surface area contributed by atoms with E-state index >= 15 is 0 Å². The molecular formula is C10H19N. The van der Waals surface area contributed by atoms with Gasteiger partial charge in [0.15, 0.2) is 0 Å². The summed E-state index contributed by atoms with van der Waals surface area (Å²) >= 11 is 0. The second-order valence-corrected chi connectivity index (χ2v) is 4.15. The Bertz CT molecular complexity index is 136. The first-order valence-electron chi connectivity index (χ1n) is 4.46. The topological polar surface area (TPSA) is 3.24 Å². The van der Waals surface area contributed by atoms with Crippen molar-refractivity contribution in [1.82, 2.24) is 4.90 Å². The average Bonchev–Trinajstić information content (AvgIpc) is 1.85. The van der Waals surface area contributed by atoms with Crippen molar-refractivity contribution in [1.29, 1.82) is 0 Å². The maximum Gasteiger partial charge on any atom is 0.0157 e. The van der Waals surface area contributed by atoms with E-state index in [-0.39, 0.29) is 0 Å².